The Balaban J connectivity index is 2.08. The third-order valence-corrected chi connectivity index (χ3v) is 3.44. The molecule has 0 fully saturated rings. The van der Waals surface area contributed by atoms with Crippen LogP contribution in [0, 0.1) is 6.92 Å². The van der Waals surface area contributed by atoms with Crippen molar-refractivity contribution in [3.63, 3.8) is 0 Å². The van der Waals surface area contributed by atoms with Gasteiger partial charge in [0.05, 0.1) is 27.0 Å². The Labute approximate surface area is 119 Å². The van der Waals surface area contributed by atoms with Gasteiger partial charge in [-0.2, -0.15) is 0 Å². The summed E-state index contributed by atoms with van der Waals surface area (Å²) in [6.45, 7) is 4.83. The third-order valence-electron chi connectivity index (χ3n) is 3.44. The molecule has 0 aliphatic heterocycles. The molecule has 0 amide bonds. The molecule has 1 N–H and O–H groups in total. The van der Waals surface area contributed by atoms with Gasteiger partial charge in [0.2, 0.25) is 0 Å². The SMILES string of the molecule is COc1ccc(C(C)NCc2occc2C)c(OC)c1. The van der Waals surface area contributed by atoms with E-state index in [4.69, 9.17) is 13.9 Å². The van der Waals surface area contributed by atoms with Crippen molar-refractivity contribution in [3.8, 4) is 11.5 Å². The average molecular weight is 275 g/mol. The molecule has 0 saturated heterocycles. The predicted molar refractivity (Wildman–Crippen MR) is 78.2 cm³/mol. The first-order valence-electron chi connectivity index (χ1n) is 6.64. The van der Waals surface area contributed by atoms with Crippen molar-refractivity contribution in [1.82, 2.24) is 5.32 Å². The Morgan fingerprint density at radius 1 is 1.20 bits per heavy atom. The van der Waals surface area contributed by atoms with E-state index in [0.717, 1.165) is 28.4 Å². The van der Waals surface area contributed by atoms with E-state index in [1.165, 1.54) is 0 Å². The highest BCUT2D eigenvalue weighted by molar-refractivity contribution is 5.42. The van der Waals surface area contributed by atoms with Gasteiger partial charge >= 0.3 is 0 Å². The zero-order valence-electron chi connectivity index (χ0n) is 12.4. The second kappa shape index (κ2) is 6.48. The Kier molecular flexibility index (Phi) is 4.69. The van der Waals surface area contributed by atoms with E-state index >= 15 is 0 Å². The maximum Gasteiger partial charge on any atom is 0.127 e. The molecule has 2 rings (SSSR count). The number of hydrogen-bond acceptors (Lipinski definition) is 4. The van der Waals surface area contributed by atoms with Gasteiger partial charge in [0.1, 0.15) is 17.3 Å². The molecule has 1 heterocycles. The molecule has 0 bridgehead atoms. The topological polar surface area (TPSA) is 43.6 Å². The minimum Gasteiger partial charge on any atom is -0.497 e. The molecule has 1 unspecified atom stereocenters. The molecule has 4 heteroatoms. The molecule has 20 heavy (non-hydrogen) atoms. The zero-order valence-corrected chi connectivity index (χ0v) is 12.4. The number of hydrogen-bond donors (Lipinski definition) is 1. The van der Waals surface area contributed by atoms with Gasteiger partial charge in [0, 0.05) is 17.7 Å². The largest absolute Gasteiger partial charge is 0.497 e. The zero-order chi connectivity index (χ0) is 14.5. The summed E-state index contributed by atoms with van der Waals surface area (Å²) in [5.41, 5.74) is 2.25. The number of benzene rings is 1. The summed E-state index contributed by atoms with van der Waals surface area (Å²) in [5, 5.41) is 3.44. The Hall–Kier alpha value is -1.94. The minimum atomic E-state index is 0.153. The van der Waals surface area contributed by atoms with Gasteiger partial charge in [-0.05, 0) is 31.5 Å². The highest BCUT2D eigenvalue weighted by Crippen LogP contribution is 2.29. The second-order valence-corrected chi connectivity index (χ2v) is 4.74. The van der Waals surface area contributed by atoms with Crippen molar-refractivity contribution in [3.05, 3.63) is 47.4 Å². The van der Waals surface area contributed by atoms with Crippen LogP contribution in [0.15, 0.2) is 34.9 Å². The Morgan fingerprint density at radius 2 is 2.00 bits per heavy atom. The van der Waals surface area contributed by atoms with E-state index in [9.17, 15) is 0 Å². The van der Waals surface area contributed by atoms with Crippen molar-refractivity contribution in [2.45, 2.75) is 26.4 Å². The van der Waals surface area contributed by atoms with Gasteiger partial charge in [0.15, 0.2) is 0 Å². The number of methoxy groups -OCH3 is 2. The predicted octanol–water partition coefficient (Wildman–Crippen LogP) is 3.46. The lowest BCUT2D eigenvalue weighted by Gasteiger charge is -2.17. The van der Waals surface area contributed by atoms with E-state index in [-0.39, 0.29) is 6.04 Å². The summed E-state index contributed by atoms with van der Waals surface area (Å²) >= 11 is 0. The highest BCUT2D eigenvalue weighted by Gasteiger charge is 2.13. The first-order chi connectivity index (χ1) is 9.65. The van der Waals surface area contributed by atoms with Crippen molar-refractivity contribution < 1.29 is 13.9 Å². The summed E-state index contributed by atoms with van der Waals surface area (Å²) in [6, 6.07) is 7.97. The van der Waals surface area contributed by atoms with E-state index in [1.54, 1.807) is 20.5 Å². The van der Waals surface area contributed by atoms with E-state index in [1.807, 2.05) is 31.2 Å². The second-order valence-electron chi connectivity index (χ2n) is 4.74. The molecule has 0 aliphatic rings. The standard InChI is InChI=1S/C16H21NO3/c1-11-7-8-20-16(11)10-17-12(2)14-6-5-13(18-3)9-15(14)19-4/h5-9,12,17H,10H2,1-4H3. The molecule has 108 valence electrons. The molecule has 0 saturated carbocycles. The van der Waals surface area contributed by atoms with Crippen LogP contribution in [0.3, 0.4) is 0 Å². The molecular formula is C16H21NO3. The number of nitrogens with one attached hydrogen (secondary N) is 1. The fourth-order valence-corrected chi connectivity index (χ4v) is 2.12. The van der Waals surface area contributed by atoms with Crippen molar-refractivity contribution in [1.29, 1.82) is 0 Å². The lowest BCUT2D eigenvalue weighted by Crippen LogP contribution is -2.18. The number of furan rings is 1. The van der Waals surface area contributed by atoms with Crippen LogP contribution in [0.1, 0.15) is 29.9 Å². The van der Waals surface area contributed by atoms with Crippen LogP contribution in [0.4, 0.5) is 0 Å². The molecule has 2 aromatic rings. The summed E-state index contributed by atoms with van der Waals surface area (Å²) in [4.78, 5) is 0. The molecular weight excluding hydrogens is 254 g/mol. The lowest BCUT2D eigenvalue weighted by atomic mass is 10.1. The summed E-state index contributed by atoms with van der Waals surface area (Å²) in [6.07, 6.45) is 1.71. The van der Waals surface area contributed by atoms with Gasteiger partial charge in [-0.3, -0.25) is 0 Å². The molecule has 1 aromatic carbocycles. The van der Waals surface area contributed by atoms with Crippen molar-refractivity contribution in [2.75, 3.05) is 14.2 Å². The molecule has 0 spiro atoms. The van der Waals surface area contributed by atoms with E-state index in [2.05, 4.69) is 12.2 Å². The highest BCUT2D eigenvalue weighted by atomic mass is 16.5. The van der Waals surface area contributed by atoms with Gasteiger partial charge < -0.3 is 19.2 Å². The van der Waals surface area contributed by atoms with Crippen LogP contribution in [-0.2, 0) is 6.54 Å². The molecule has 1 aromatic heterocycles. The van der Waals surface area contributed by atoms with Crippen LogP contribution in [-0.4, -0.2) is 14.2 Å². The summed E-state index contributed by atoms with van der Waals surface area (Å²) < 4.78 is 16.1. The average Bonchev–Trinajstić information content (AvgIpc) is 2.89. The van der Waals surface area contributed by atoms with Crippen LogP contribution < -0.4 is 14.8 Å². The Morgan fingerprint density at radius 3 is 2.60 bits per heavy atom. The molecule has 4 nitrogen and oxygen atoms in total. The van der Waals surface area contributed by atoms with Crippen molar-refractivity contribution in [2.24, 2.45) is 0 Å². The smallest absolute Gasteiger partial charge is 0.127 e. The van der Waals surface area contributed by atoms with Gasteiger partial charge in [-0.1, -0.05) is 6.07 Å². The first kappa shape index (κ1) is 14.5. The van der Waals surface area contributed by atoms with Crippen molar-refractivity contribution >= 4 is 0 Å². The van der Waals surface area contributed by atoms with E-state index in [0.29, 0.717) is 6.54 Å². The summed E-state index contributed by atoms with van der Waals surface area (Å²) in [7, 11) is 3.32. The number of ether oxygens (including phenoxy) is 2. The lowest BCUT2D eigenvalue weighted by molar-refractivity contribution is 0.383. The maximum atomic E-state index is 5.43. The van der Waals surface area contributed by atoms with Crippen LogP contribution in [0.25, 0.3) is 0 Å². The minimum absolute atomic E-state index is 0.153. The molecule has 0 radical (unpaired) electrons. The quantitative estimate of drug-likeness (QED) is 0.877. The monoisotopic (exact) mass is 275 g/mol. The Bertz CT molecular complexity index is 563. The van der Waals surface area contributed by atoms with E-state index < -0.39 is 0 Å². The fraction of sp³-hybridized carbons (Fsp3) is 0.375. The van der Waals surface area contributed by atoms with Gasteiger partial charge in [-0.15, -0.1) is 0 Å². The third kappa shape index (κ3) is 3.14. The number of rotatable bonds is 6. The van der Waals surface area contributed by atoms with Crippen LogP contribution >= 0.6 is 0 Å². The maximum absolute atomic E-state index is 5.43. The first-order valence-corrected chi connectivity index (χ1v) is 6.64. The normalized spacial score (nSPS) is 12.2. The molecule has 1 atom stereocenters. The number of aryl methyl sites for hydroxylation is 1. The van der Waals surface area contributed by atoms with Crippen LogP contribution in [0.2, 0.25) is 0 Å². The molecule has 0 aliphatic carbocycles. The van der Waals surface area contributed by atoms with Gasteiger partial charge in [0.25, 0.3) is 0 Å². The summed E-state index contributed by atoms with van der Waals surface area (Å²) in [5.74, 6) is 2.57. The van der Waals surface area contributed by atoms with Crippen LogP contribution in [0.5, 0.6) is 11.5 Å². The fourth-order valence-electron chi connectivity index (χ4n) is 2.12. The van der Waals surface area contributed by atoms with Gasteiger partial charge in [-0.25, -0.2) is 0 Å².